The molecule has 4 heteroatoms. The van der Waals surface area contributed by atoms with Gasteiger partial charge < -0.3 is 10.6 Å². The van der Waals surface area contributed by atoms with E-state index in [-0.39, 0.29) is 11.3 Å². The van der Waals surface area contributed by atoms with Gasteiger partial charge >= 0.3 is 0 Å². The Morgan fingerprint density at radius 2 is 2.39 bits per heavy atom. The second kappa shape index (κ2) is 4.35. The summed E-state index contributed by atoms with van der Waals surface area (Å²) < 4.78 is 0. The van der Waals surface area contributed by atoms with E-state index < -0.39 is 0 Å². The van der Waals surface area contributed by atoms with Gasteiger partial charge in [-0.15, -0.1) is 11.3 Å². The number of nitrogens with two attached hydrogens (primary N) is 1. The van der Waals surface area contributed by atoms with Crippen molar-refractivity contribution in [1.82, 2.24) is 4.90 Å². The van der Waals surface area contributed by atoms with Crippen LogP contribution < -0.4 is 5.73 Å². The van der Waals surface area contributed by atoms with Crippen molar-refractivity contribution in [2.24, 2.45) is 11.1 Å². The lowest BCUT2D eigenvalue weighted by Crippen LogP contribution is -2.34. The van der Waals surface area contributed by atoms with Gasteiger partial charge in [-0.05, 0) is 49.3 Å². The average molecular weight is 264 g/mol. The van der Waals surface area contributed by atoms with Crippen molar-refractivity contribution >= 4 is 17.2 Å². The van der Waals surface area contributed by atoms with E-state index in [1.165, 1.54) is 16.9 Å². The zero-order valence-electron chi connectivity index (χ0n) is 10.9. The highest BCUT2D eigenvalue weighted by Crippen LogP contribution is 2.34. The summed E-state index contributed by atoms with van der Waals surface area (Å²) in [4.78, 5) is 16.8. The number of fused-ring (bicyclic) bond motifs is 1. The Morgan fingerprint density at radius 3 is 3.06 bits per heavy atom. The number of aryl methyl sites for hydroxylation is 2. The number of rotatable bonds is 2. The molecule has 2 N–H and O–H groups in total. The van der Waals surface area contributed by atoms with Crippen molar-refractivity contribution in [3.8, 4) is 0 Å². The van der Waals surface area contributed by atoms with Gasteiger partial charge in [-0.25, -0.2) is 0 Å². The van der Waals surface area contributed by atoms with Crippen molar-refractivity contribution in [2.75, 3.05) is 19.6 Å². The number of hydrogen-bond donors (Lipinski definition) is 1. The quantitative estimate of drug-likeness (QED) is 0.888. The van der Waals surface area contributed by atoms with Crippen molar-refractivity contribution in [2.45, 2.75) is 32.6 Å². The molecule has 1 aliphatic carbocycles. The van der Waals surface area contributed by atoms with E-state index in [0.29, 0.717) is 6.54 Å². The first-order chi connectivity index (χ1) is 8.61. The molecule has 0 aromatic carbocycles. The molecule has 3 rings (SSSR count). The highest BCUT2D eigenvalue weighted by Gasteiger charge is 2.35. The van der Waals surface area contributed by atoms with Crippen molar-refractivity contribution in [1.29, 1.82) is 0 Å². The minimum atomic E-state index is 0.121. The lowest BCUT2D eigenvalue weighted by molar-refractivity contribution is 0.0781. The highest BCUT2D eigenvalue weighted by atomic mass is 32.1. The Balaban J connectivity index is 1.75. The molecule has 1 aliphatic heterocycles. The minimum absolute atomic E-state index is 0.121. The molecule has 2 heterocycles. The standard InChI is InChI=1S/C14H20N2OS/c1-14(8-15)5-6-16(9-14)13(17)12-7-10-3-2-4-11(10)18-12/h7H,2-6,8-9,15H2,1H3. The third kappa shape index (κ3) is 1.97. The molecule has 1 unspecified atom stereocenters. The maximum absolute atomic E-state index is 12.5. The average Bonchev–Trinajstić information content (AvgIpc) is 3.01. The number of likely N-dealkylation sites (tertiary alicyclic amines) is 1. The van der Waals surface area contributed by atoms with Crippen LogP contribution in [0.25, 0.3) is 0 Å². The molecule has 18 heavy (non-hydrogen) atoms. The Hall–Kier alpha value is -0.870. The Labute approximate surface area is 112 Å². The summed E-state index contributed by atoms with van der Waals surface area (Å²) >= 11 is 1.70. The largest absolute Gasteiger partial charge is 0.337 e. The fourth-order valence-corrected chi connectivity index (χ4v) is 4.18. The van der Waals surface area contributed by atoms with E-state index in [9.17, 15) is 4.79 Å². The molecule has 1 aromatic rings. The molecule has 3 nitrogen and oxygen atoms in total. The first-order valence-corrected chi connectivity index (χ1v) is 7.54. The van der Waals surface area contributed by atoms with Crippen LogP contribution in [-0.2, 0) is 12.8 Å². The van der Waals surface area contributed by atoms with Gasteiger partial charge in [0, 0.05) is 18.0 Å². The van der Waals surface area contributed by atoms with Crippen molar-refractivity contribution in [3.05, 3.63) is 21.4 Å². The number of carbonyl (C=O) groups excluding carboxylic acids is 1. The Bertz CT molecular complexity index is 461. The van der Waals surface area contributed by atoms with Gasteiger partial charge in [0.2, 0.25) is 0 Å². The van der Waals surface area contributed by atoms with Gasteiger partial charge in [0.15, 0.2) is 0 Å². The van der Waals surface area contributed by atoms with Crippen LogP contribution in [0.2, 0.25) is 0 Å². The molecule has 0 saturated carbocycles. The lowest BCUT2D eigenvalue weighted by atomic mass is 9.90. The van der Waals surface area contributed by atoms with Crippen LogP contribution in [0.4, 0.5) is 0 Å². The molecular weight excluding hydrogens is 244 g/mol. The van der Waals surface area contributed by atoms with Crippen LogP contribution in [0, 0.1) is 5.41 Å². The first kappa shape index (κ1) is 12.2. The zero-order valence-corrected chi connectivity index (χ0v) is 11.7. The first-order valence-electron chi connectivity index (χ1n) is 6.72. The summed E-state index contributed by atoms with van der Waals surface area (Å²) in [5, 5.41) is 0. The van der Waals surface area contributed by atoms with E-state index in [1.54, 1.807) is 11.3 Å². The number of carbonyl (C=O) groups is 1. The third-order valence-electron chi connectivity index (χ3n) is 4.30. The normalized spacial score (nSPS) is 26.7. The van der Waals surface area contributed by atoms with Crippen LogP contribution in [0.15, 0.2) is 6.07 Å². The van der Waals surface area contributed by atoms with Crippen LogP contribution in [-0.4, -0.2) is 30.4 Å². The molecule has 1 atom stereocenters. The van der Waals surface area contributed by atoms with E-state index in [0.717, 1.165) is 37.2 Å². The molecule has 0 bridgehead atoms. The number of thiophene rings is 1. The maximum Gasteiger partial charge on any atom is 0.263 e. The summed E-state index contributed by atoms with van der Waals surface area (Å²) in [7, 11) is 0. The summed E-state index contributed by atoms with van der Waals surface area (Å²) in [6, 6.07) is 2.12. The second-order valence-electron chi connectivity index (χ2n) is 5.90. The maximum atomic E-state index is 12.5. The van der Waals surface area contributed by atoms with Crippen LogP contribution >= 0.6 is 11.3 Å². The summed E-state index contributed by atoms with van der Waals surface area (Å²) in [5.74, 6) is 0.214. The van der Waals surface area contributed by atoms with Gasteiger partial charge in [0.05, 0.1) is 4.88 Å². The molecule has 1 saturated heterocycles. The van der Waals surface area contributed by atoms with E-state index >= 15 is 0 Å². The van der Waals surface area contributed by atoms with E-state index in [2.05, 4.69) is 13.0 Å². The zero-order chi connectivity index (χ0) is 12.8. The molecular formula is C14H20N2OS. The topological polar surface area (TPSA) is 46.3 Å². The van der Waals surface area contributed by atoms with Crippen LogP contribution in [0.1, 0.15) is 39.9 Å². The number of amides is 1. The second-order valence-corrected chi connectivity index (χ2v) is 7.04. The summed E-state index contributed by atoms with van der Waals surface area (Å²) in [6.45, 7) is 4.51. The molecule has 2 aliphatic rings. The van der Waals surface area contributed by atoms with Gasteiger partial charge in [-0.2, -0.15) is 0 Å². The smallest absolute Gasteiger partial charge is 0.263 e. The SMILES string of the molecule is CC1(CN)CCN(C(=O)c2cc3c(s2)CCC3)C1. The van der Waals surface area contributed by atoms with E-state index in [4.69, 9.17) is 5.73 Å². The molecule has 1 aromatic heterocycles. The minimum Gasteiger partial charge on any atom is -0.337 e. The lowest BCUT2D eigenvalue weighted by Gasteiger charge is -2.22. The Morgan fingerprint density at radius 1 is 1.56 bits per heavy atom. The van der Waals surface area contributed by atoms with Gasteiger partial charge in [-0.1, -0.05) is 6.92 Å². The van der Waals surface area contributed by atoms with Crippen LogP contribution in [0.3, 0.4) is 0 Å². The van der Waals surface area contributed by atoms with Gasteiger partial charge in [0.1, 0.15) is 0 Å². The fraction of sp³-hybridized carbons (Fsp3) is 0.643. The molecule has 0 spiro atoms. The van der Waals surface area contributed by atoms with Gasteiger partial charge in [-0.3, -0.25) is 4.79 Å². The third-order valence-corrected chi connectivity index (χ3v) is 5.52. The molecule has 0 radical (unpaired) electrons. The van der Waals surface area contributed by atoms with Gasteiger partial charge in [0.25, 0.3) is 5.91 Å². The molecule has 1 amide bonds. The molecule has 98 valence electrons. The summed E-state index contributed by atoms with van der Waals surface area (Å²) in [5.41, 5.74) is 7.32. The van der Waals surface area contributed by atoms with E-state index in [1.807, 2.05) is 4.90 Å². The Kier molecular flexibility index (Phi) is 2.94. The predicted molar refractivity (Wildman–Crippen MR) is 74.0 cm³/mol. The fourth-order valence-electron chi connectivity index (χ4n) is 2.95. The predicted octanol–water partition coefficient (Wildman–Crippen LogP) is 2.05. The monoisotopic (exact) mass is 264 g/mol. The van der Waals surface area contributed by atoms with Crippen LogP contribution in [0.5, 0.6) is 0 Å². The number of hydrogen-bond acceptors (Lipinski definition) is 3. The van der Waals surface area contributed by atoms with Crippen molar-refractivity contribution in [3.63, 3.8) is 0 Å². The molecule has 1 fully saturated rings. The number of nitrogens with zero attached hydrogens (tertiary/aromatic N) is 1. The van der Waals surface area contributed by atoms with Crippen molar-refractivity contribution < 1.29 is 4.79 Å². The highest BCUT2D eigenvalue weighted by molar-refractivity contribution is 7.14. The summed E-state index contributed by atoms with van der Waals surface area (Å²) in [6.07, 6.45) is 4.60.